The normalized spacial score (nSPS) is 10.8. The molecule has 26 heavy (non-hydrogen) atoms. The minimum atomic E-state index is -0.542. The summed E-state index contributed by atoms with van der Waals surface area (Å²) in [6, 6.07) is 11.8. The zero-order valence-corrected chi connectivity index (χ0v) is 15.8. The molecule has 0 aliphatic rings. The Hall–Kier alpha value is -2.98. The summed E-state index contributed by atoms with van der Waals surface area (Å²) in [4.78, 5) is 12.3. The third-order valence-electron chi connectivity index (χ3n) is 3.37. The van der Waals surface area contributed by atoms with Gasteiger partial charge in [-0.3, -0.25) is 4.79 Å². The van der Waals surface area contributed by atoms with Gasteiger partial charge < -0.3 is 19.9 Å². The fraction of sp³-hybridized carbons (Fsp3) is 0.158. The largest absolute Gasteiger partial charge is 0.503 e. The van der Waals surface area contributed by atoms with Gasteiger partial charge in [0, 0.05) is 5.69 Å². The number of rotatable bonds is 6. The van der Waals surface area contributed by atoms with E-state index in [1.54, 1.807) is 50.4 Å². The number of ether oxygens (including phenoxy) is 2. The fourth-order valence-electron chi connectivity index (χ4n) is 2.13. The van der Waals surface area contributed by atoms with Crippen LogP contribution in [0.1, 0.15) is 12.5 Å². The molecule has 0 aliphatic heterocycles. The molecule has 0 unspecified atom stereocenters. The van der Waals surface area contributed by atoms with Crippen molar-refractivity contribution < 1.29 is 19.4 Å². The van der Waals surface area contributed by atoms with Crippen LogP contribution in [0.3, 0.4) is 0 Å². The van der Waals surface area contributed by atoms with Crippen LogP contribution in [0.4, 0.5) is 5.69 Å². The van der Waals surface area contributed by atoms with E-state index < -0.39 is 5.91 Å². The molecule has 0 saturated carbocycles. The van der Waals surface area contributed by atoms with Crippen LogP contribution in [-0.2, 0) is 4.79 Å². The highest BCUT2D eigenvalue weighted by molar-refractivity contribution is 9.10. The number of carbonyl (C=O) groups excluding carboxylic acids is 1. The van der Waals surface area contributed by atoms with Crippen molar-refractivity contribution in [2.24, 2.45) is 0 Å². The molecule has 1 amide bonds. The lowest BCUT2D eigenvalue weighted by Crippen LogP contribution is -2.13. The second kappa shape index (κ2) is 8.92. The average Bonchev–Trinajstić information content (AvgIpc) is 2.64. The van der Waals surface area contributed by atoms with Crippen molar-refractivity contribution in [3.05, 3.63) is 52.0 Å². The number of aromatic hydroxyl groups is 1. The Morgan fingerprint density at radius 1 is 1.35 bits per heavy atom. The van der Waals surface area contributed by atoms with E-state index in [0.29, 0.717) is 28.1 Å². The molecule has 0 spiro atoms. The molecular weight excluding hydrogens is 400 g/mol. The van der Waals surface area contributed by atoms with E-state index in [-0.39, 0.29) is 17.1 Å². The highest BCUT2D eigenvalue weighted by atomic mass is 79.9. The SMILES string of the molecule is CCOc1cc(/C=C(/C#N)C(=O)Nc2ccc(OC)cc2)cc(Br)c1O. The quantitative estimate of drug-likeness (QED) is 0.545. The van der Waals surface area contributed by atoms with Gasteiger partial charge in [-0.15, -0.1) is 0 Å². The number of hydrogen-bond acceptors (Lipinski definition) is 5. The molecule has 2 N–H and O–H groups in total. The molecule has 0 bridgehead atoms. The van der Waals surface area contributed by atoms with Crippen molar-refractivity contribution in [2.45, 2.75) is 6.92 Å². The van der Waals surface area contributed by atoms with Crippen molar-refractivity contribution in [1.82, 2.24) is 0 Å². The molecule has 0 atom stereocenters. The van der Waals surface area contributed by atoms with Gasteiger partial charge in [-0.1, -0.05) is 0 Å². The Balaban J connectivity index is 2.26. The van der Waals surface area contributed by atoms with Gasteiger partial charge in [-0.2, -0.15) is 5.26 Å². The lowest BCUT2D eigenvalue weighted by Gasteiger charge is -2.09. The molecule has 0 aliphatic carbocycles. The highest BCUT2D eigenvalue weighted by Gasteiger charge is 2.13. The van der Waals surface area contributed by atoms with Gasteiger partial charge in [-0.25, -0.2) is 0 Å². The number of hydrogen-bond donors (Lipinski definition) is 2. The summed E-state index contributed by atoms with van der Waals surface area (Å²) in [6.07, 6.45) is 1.42. The summed E-state index contributed by atoms with van der Waals surface area (Å²) in [7, 11) is 1.55. The summed E-state index contributed by atoms with van der Waals surface area (Å²) in [5.74, 6) is 0.349. The Morgan fingerprint density at radius 2 is 2.04 bits per heavy atom. The zero-order valence-electron chi connectivity index (χ0n) is 14.2. The maximum absolute atomic E-state index is 12.3. The number of halogens is 1. The van der Waals surface area contributed by atoms with Gasteiger partial charge in [0.15, 0.2) is 11.5 Å². The highest BCUT2D eigenvalue weighted by Crippen LogP contribution is 2.36. The number of phenolic OH excluding ortho intramolecular Hbond substituents is 1. The van der Waals surface area contributed by atoms with Gasteiger partial charge in [0.1, 0.15) is 17.4 Å². The number of nitrogens with one attached hydrogen (secondary N) is 1. The van der Waals surface area contributed by atoms with Crippen LogP contribution in [0, 0.1) is 11.3 Å². The van der Waals surface area contributed by atoms with Gasteiger partial charge in [0.2, 0.25) is 0 Å². The summed E-state index contributed by atoms with van der Waals surface area (Å²) in [5, 5.41) is 21.9. The first-order valence-electron chi connectivity index (χ1n) is 7.71. The molecule has 2 aromatic rings. The molecule has 7 heteroatoms. The summed E-state index contributed by atoms with van der Waals surface area (Å²) in [6.45, 7) is 2.16. The van der Waals surface area contributed by atoms with E-state index in [9.17, 15) is 15.2 Å². The van der Waals surface area contributed by atoms with Crippen molar-refractivity contribution in [3.8, 4) is 23.3 Å². The molecule has 134 valence electrons. The number of amides is 1. The topological polar surface area (TPSA) is 91.6 Å². The van der Waals surface area contributed by atoms with Crippen molar-refractivity contribution in [1.29, 1.82) is 5.26 Å². The third-order valence-corrected chi connectivity index (χ3v) is 3.98. The molecule has 0 saturated heterocycles. The monoisotopic (exact) mass is 416 g/mol. The van der Waals surface area contributed by atoms with Crippen LogP contribution >= 0.6 is 15.9 Å². The lowest BCUT2D eigenvalue weighted by atomic mass is 10.1. The van der Waals surface area contributed by atoms with Crippen LogP contribution in [0.2, 0.25) is 0 Å². The second-order valence-corrected chi connectivity index (χ2v) is 5.99. The number of phenols is 1. The summed E-state index contributed by atoms with van der Waals surface area (Å²) >= 11 is 3.23. The Labute approximate surface area is 159 Å². The number of nitriles is 1. The van der Waals surface area contributed by atoms with Gasteiger partial charge >= 0.3 is 0 Å². The number of anilines is 1. The molecule has 0 fully saturated rings. The predicted octanol–water partition coefficient (Wildman–Crippen LogP) is 4.11. The summed E-state index contributed by atoms with van der Waals surface area (Å²) < 4.78 is 10.8. The van der Waals surface area contributed by atoms with E-state index in [4.69, 9.17) is 9.47 Å². The van der Waals surface area contributed by atoms with Crippen LogP contribution < -0.4 is 14.8 Å². The minimum Gasteiger partial charge on any atom is -0.503 e. The summed E-state index contributed by atoms with van der Waals surface area (Å²) in [5.41, 5.74) is 0.999. The standard InChI is InChI=1S/C19H17BrN2O4/c1-3-26-17-10-12(9-16(20)18(17)23)8-13(11-21)19(24)22-14-4-6-15(25-2)7-5-14/h4-10,23H,3H2,1-2H3,(H,22,24)/b13-8-. The van der Waals surface area contributed by atoms with Crippen molar-refractivity contribution in [2.75, 3.05) is 19.0 Å². The average molecular weight is 417 g/mol. The zero-order chi connectivity index (χ0) is 19.1. The second-order valence-electron chi connectivity index (χ2n) is 5.13. The lowest BCUT2D eigenvalue weighted by molar-refractivity contribution is -0.112. The van der Waals surface area contributed by atoms with Crippen LogP contribution in [0.5, 0.6) is 17.2 Å². The number of benzene rings is 2. The van der Waals surface area contributed by atoms with E-state index >= 15 is 0 Å². The van der Waals surface area contributed by atoms with E-state index in [2.05, 4.69) is 21.2 Å². The number of carbonyl (C=O) groups is 1. The number of methoxy groups -OCH3 is 1. The van der Waals surface area contributed by atoms with Crippen molar-refractivity contribution in [3.63, 3.8) is 0 Å². The van der Waals surface area contributed by atoms with Gasteiger partial charge in [0.25, 0.3) is 5.91 Å². The van der Waals surface area contributed by atoms with Crippen LogP contribution in [-0.4, -0.2) is 24.7 Å². The predicted molar refractivity (Wildman–Crippen MR) is 102 cm³/mol. The molecular formula is C19H17BrN2O4. The maximum Gasteiger partial charge on any atom is 0.266 e. The molecule has 2 aromatic carbocycles. The fourth-order valence-corrected chi connectivity index (χ4v) is 2.59. The molecule has 0 heterocycles. The van der Waals surface area contributed by atoms with Crippen LogP contribution in [0.15, 0.2) is 46.4 Å². The Kier molecular flexibility index (Phi) is 6.64. The first kappa shape index (κ1) is 19.3. The smallest absolute Gasteiger partial charge is 0.266 e. The molecule has 6 nitrogen and oxygen atoms in total. The number of nitrogens with zero attached hydrogens (tertiary/aromatic N) is 1. The first-order chi connectivity index (χ1) is 12.5. The van der Waals surface area contributed by atoms with Gasteiger partial charge in [0.05, 0.1) is 18.2 Å². The Bertz CT molecular complexity index is 870. The minimum absolute atomic E-state index is 0.0369. The van der Waals surface area contributed by atoms with E-state index in [0.717, 1.165) is 0 Å². The first-order valence-corrected chi connectivity index (χ1v) is 8.50. The molecule has 0 radical (unpaired) electrons. The molecule has 0 aromatic heterocycles. The van der Waals surface area contributed by atoms with E-state index in [1.807, 2.05) is 6.07 Å². The maximum atomic E-state index is 12.3. The van der Waals surface area contributed by atoms with E-state index in [1.165, 1.54) is 6.08 Å². The van der Waals surface area contributed by atoms with Gasteiger partial charge in [-0.05, 0) is 70.9 Å². The van der Waals surface area contributed by atoms with Crippen molar-refractivity contribution >= 4 is 33.6 Å². The van der Waals surface area contributed by atoms with Crippen LogP contribution in [0.25, 0.3) is 6.08 Å². The Morgan fingerprint density at radius 3 is 2.62 bits per heavy atom. The third kappa shape index (κ3) is 4.77. The molecule has 2 rings (SSSR count).